The maximum atomic E-state index is 8.95. The summed E-state index contributed by atoms with van der Waals surface area (Å²) in [6.45, 7) is 4.22. The molecule has 0 aliphatic heterocycles. The van der Waals surface area contributed by atoms with Crippen LogP contribution in [0.1, 0.15) is 42.9 Å². The molecule has 0 radical (unpaired) electrons. The first kappa shape index (κ1) is 10.8. The van der Waals surface area contributed by atoms with Gasteiger partial charge in [0, 0.05) is 0 Å². The van der Waals surface area contributed by atoms with Crippen molar-refractivity contribution in [2.75, 3.05) is 0 Å². The second-order valence-electron chi connectivity index (χ2n) is 3.73. The summed E-state index contributed by atoms with van der Waals surface area (Å²) in [5.41, 5.74) is 3.22. The van der Waals surface area contributed by atoms with E-state index < -0.39 is 0 Å². The first-order chi connectivity index (χ1) is 6.77. The maximum Gasteiger partial charge on any atom is 0.0994 e. The topological polar surface area (TPSA) is 23.8 Å². The van der Waals surface area contributed by atoms with Crippen molar-refractivity contribution >= 4 is 0 Å². The van der Waals surface area contributed by atoms with E-state index in [0.29, 0.717) is 0 Å². The van der Waals surface area contributed by atoms with Crippen molar-refractivity contribution < 1.29 is 0 Å². The minimum Gasteiger partial charge on any atom is -0.192 e. The van der Waals surface area contributed by atoms with Gasteiger partial charge in [-0.15, -0.1) is 0 Å². The summed E-state index contributed by atoms with van der Waals surface area (Å²) >= 11 is 0. The summed E-state index contributed by atoms with van der Waals surface area (Å²) < 4.78 is 0. The molecule has 0 saturated carbocycles. The Morgan fingerprint density at radius 2 is 2.07 bits per heavy atom. The molecule has 1 aromatic rings. The summed E-state index contributed by atoms with van der Waals surface area (Å²) in [4.78, 5) is 0. The highest BCUT2D eigenvalue weighted by molar-refractivity contribution is 5.40. The highest BCUT2D eigenvalue weighted by Crippen LogP contribution is 2.13. The largest absolute Gasteiger partial charge is 0.192 e. The summed E-state index contributed by atoms with van der Waals surface area (Å²) in [5.74, 6) is 0. The predicted octanol–water partition coefficient (Wildman–Crippen LogP) is 3.60. The van der Waals surface area contributed by atoms with E-state index in [-0.39, 0.29) is 0 Å². The lowest BCUT2D eigenvalue weighted by atomic mass is 10.0. The zero-order chi connectivity index (χ0) is 10.4. The van der Waals surface area contributed by atoms with Gasteiger partial charge in [0.25, 0.3) is 0 Å². The fourth-order valence-corrected chi connectivity index (χ4v) is 1.58. The molecule has 0 fully saturated rings. The van der Waals surface area contributed by atoms with Gasteiger partial charge >= 0.3 is 0 Å². The van der Waals surface area contributed by atoms with E-state index >= 15 is 0 Å². The zero-order valence-corrected chi connectivity index (χ0v) is 9.01. The van der Waals surface area contributed by atoms with E-state index in [2.05, 4.69) is 25.1 Å². The van der Waals surface area contributed by atoms with Crippen LogP contribution >= 0.6 is 0 Å². The van der Waals surface area contributed by atoms with Gasteiger partial charge < -0.3 is 0 Å². The van der Waals surface area contributed by atoms with Crippen molar-refractivity contribution in [2.24, 2.45) is 0 Å². The summed E-state index contributed by atoms with van der Waals surface area (Å²) in [6, 6.07) is 8.41. The molecule has 0 amide bonds. The summed E-state index contributed by atoms with van der Waals surface area (Å²) in [6.07, 6.45) is 4.71. The Hall–Kier alpha value is -1.29. The molecule has 0 spiro atoms. The number of hydrogen-bond donors (Lipinski definition) is 0. The van der Waals surface area contributed by atoms with Crippen LogP contribution in [0, 0.1) is 18.3 Å². The van der Waals surface area contributed by atoms with Crippen molar-refractivity contribution in [2.45, 2.75) is 39.5 Å². The summed E-state index contributed by atoms with van der Waals surface area (Å²) in [7, 11) is 0. The number of hydrogen-bond acceptors (Lipinski definition) is 1. The highest BCUT2D eigenvalue weighted by Gasteiger charge is 2.01. The van der Waals surface area contributed by atoms with Crippen LogP contribution in [0.4, 0.5) is 0 Å². The fourth-order valence-electron chi connectivity index (χ4n) is 1.58. The second-order valence-corrected chi connectivity index (χ2v) is 3.73. The molecular formula is C13H17N. The van der Waals surface area contributed by atoms with E-state index in [0.717, 1.165) is 12.0 Å². The monoisotopic (exact) mass is 187 g/mol. The Bertz CT molecular complexity index is 334. The second kappa shape index (κ2) is 5.44. The Morgan fingerprint density at radius 1 is 1.29 bits per heavy atom. The molecule has 0 aromatic heterocycles. The number of aryl methyl sites for hydroxylation is 2. The Labute approximate surface area is 86.4 Å². The van der Waals surface area contributed by atoms with Gasteiger partial charge in [-0.25, -0.2) is 0 Å². The number of benzene rings is 1. The van der Waals surface area contributed by atoms with Gasteiger partial charge in [0.05, 0.1) is 11.6 Å². The lowest BCUT2D eigenvalue weighted by Gasteiger charge is -2.04. The SMILES string of the molecule is CCCCCc1ccc(C)cc1C#N. The number of nitrogens with zero attached hydrogens (tertiary/aromatic N) is 1. The molecular weight excluding hydrogens is 170 g/mol. The van der Waals surface area contributed by atoms with Crippen LogP contribution in [0.15, 0.2) is 18.2 Å². The number of nitriles is 1. The lowest BCUT2D eigenvalue weighted by Crippen LogP contribution is -1.91. The lowest BCUT2D eigenvalue weighted by molar-refractivity contribution is 0.716. The van der Waals surface area contributed by atoms with Gasteiger partial charge in [-0.05, 0) is 37.0 Å². The standard InChI is InChI=1S/C13H17N/c1-3-4-5-6-12-8-7-11(2)9-13(12)10-14/h7-9H,3-6H2,1-2H3. The fraction of sp³-hybridized carbons (Fsp3) is 0.462. The first-order valence-electron chi connectivity index (χ1n) is 5.27. The van der Waals surface area contributed by atoms with Gasteiger partial charge in [-0.1, -0.05) is 31.9 Å². The van der Waals surface area contributed by atoms with Crippen molar-refractivity contribution in [3.63, 3.8) is 0 Å². The molecule has 1 rings (SSSR count). The quantitative estimate of drug-likeness (QED) is 0.661. The molecule has 0 aliphatic carbocycles. The number of rotatable bonds is 4. The van der Waals surface area contributed by atoms with E-state index in [4.69, 9.17) is 5.26 Å². The Morgan fingerprint density at radius 3 is 2.71 bits per heavy atom. The molecule has 0 heterocycles. The predicted molar refractivity (Wildman–Crippen MR) is 59.1 cm³/mol. The van der Waals surface area contributed by atoms with Gasteiger partial charge in [0.15, 0.2) is 0 Å². The molecule has 1 heteroatoms. The molecule has 1 nitrogen and oxygen atoms in total. The van der Waals surface area contributed by atoms with Crippen LogP contribution in [-0.4, -0.2) is 0 Å². The Kier molecular flexibility index (Phi) is 4.19. The minimum absolute atomic E-state index is 0.848. The van der Waals surface area contributed by atoms with Crippen LogP contribution < -0.4 is 0 Å². The van der Waals surface area contributed by atoms with E-state index in [9.17, 15) is 0 Å². The minimum atomic E-state index is 0.848. The maximum absolute atomic E-state index is 8.95. The smallest absolute Gasteiger partial charge is 0.0994 e. The van der Waals surface area contributed by atoms with Crippen LogP contribution in [0.5, 0.6) is 0 Å². The van der Waals surface area contributed by atoms with Gasteiger partial charge in [0.2, 0.25) is 0 Å². The molecule has 0 unspecified atom stereocenters. The van der Waals surface area contributed by atoms with Crippen LogP contribution in [0.3, 0.4) is 0 Å². The average Bonchev–Trinajstić information content (AvgIpc) is 2.20. The Balaban J connectivity index is 2.72. The van der Waals surface area contributed by atoms with Crippen molar-refractivity contribution in [1.82, 2.24) is 0 Å². The third kappa shape index (κ3) is 2.88. The van der Waals surface area contributed by atoms with Crippen molar-refractivity contribution in [1.29, 1.82) is 5.26 Å². The number of unbranched alkanes of at least 4 members (excludes halogenated alkanes) is 2. The third-order valence-corrected chi connectivity index (χ3v) is 2.44. The van der Waals surface area contributed by atoms with Crippen LogP contribution in [-0.2, 0) is 6.42 Å². The van der Waals surface area contributed by atoms with E-state index in [1.54, 1.807) is 0 Å². The average molecular weight is 187 g/mol. The van der Waals surface area contributed by atoms with E-state index in [1.807, 2.05) is 13.0 Å². The molecule has 0 bridgehead atoms. The van der Waals surface area contributed by atoms with Crippen molar-refractivity contribution in [3.05, 3.63) is 34.9 Å². The van der Waals surface area contributed by atoms with Crippen LogP contribution in [0.25, 0.3) is 0 Å². The molecule has 1 aromatic carbocycles. The molecule has 0 aliphatic rings. The molecule has 0 atom stereocenters. The molecule has 74 valence electrons. The summed E-state index contributed by atoms with van der Waals surface area (Å²) in [5, 5.41) is 8.95. The van der Waals surface area contributed by atoms with E-state index in [1.165, 1.54) is 30.4 Å². The normalized spacial score (nSPS) is 9.79. The molecule has 0 saturated heterocycles. The van der Waals surface area contributed by atoms with Gasteiger partial charge in [-0.3, -0.25) is 0 Å². The van der Waals surface area contributed by atoms with Gasteiger partial charge in [0.1, 0.15) is 0 Å². The third-order valence-electron chi connectivity index (χ3n) is 2.44. The first-order valence-corrected chi connectivity index (χ1v) is 5.27. The van der Waals surface area contributed by atoms with Gasteiger partial charge in [-0.2, -0.15) is 5.26 Å². The van der Waals surface area contributed by atoms with Crippen molar-refractivity contribution in [3.8, 4) is 6.07 Å². The molecule has 14 heavy (non-hydrogen) atoms. The van der Waals surface area contributed by atoms with Crippen LogP contribution in [0.2, 0.25) is 0 Å². The zero-order valence-electron chi connectivity index (χ0n) is 9.01. The highest BCUT2D eigenvalue weighted by atomic mass is 14.2. The molecule has 0 N–H and O–H groups in total.